The van der Waals surface area contributed by atoms with Crippen LogP contribution in [0.15, 0.2) is 18.6 Å². The summed E-state index contributed by atoms with van der Waals surface area (Å²) >= 11 is 0. The third-order valence-corrected chi connectivity index (χ3v) is 1.80. The molecule has 0 aromatic carbocycles. The van der Waals surface area contributed by atoms with Crippen molar-refractivity contribution < 1.29 is 4.79 Å². The normalized spacial score (nSPS) is 8.80. The molecule has 0 amide bonds. The van der Waals surface area contributed by atoms with Gasteiger partial charge in [0.15, 0.2) is 0 Å². The van der Waals surface area contributed by atoms with Crippen LogP contribution >= 0.6 is 0 Å². The van der Waals surface area contributed by atoms with Gasteiger partial charge in [0, 0.05) is 39.3 Å². The van der Waals surface area contributed by atoms with Gasteiger partial charge < -0.3 is 4.90 Å². The SMILES string of the molecule is CCC(=O)CC.CN(C)c1cnccn1. The highest BCUT2D eigenvalue weighted by atomic mass is 16.1. The number of Topliss-reactive ketones (excluding diaryl/α,β-unsaturated/α-hetero) is 1. The number of hydrogen-bond acceptors (Lipinski definition) is 4. The van der Waals surface area contributed by atoms with Crippen molar-refractivity contribution in [3.63, 3.8) is 0 Å². The van der Waals surface area contributed by atoms with Crippen LogP contribution in [-0.2, 0) is 4.79 Å². The molecule has 1 aromatic rings. The average Bonchev–Trinajstić information content (AvgIpc) is 2.30. The summed E-state index contributed by atoms with van der Waals surface area (Å²) in [6, 6.07) is 0. The lowest BCUT2D eigenvalue weighted by Crippen LogP contribution is -2.10. The van der Waals surface area contributed by atoms with Gasteiger partial charge in [0.2, 0.25) is 0 Å². The van der Waals surface area contributed by atoms with Gasteiger partial charge >= 0.3 is 0 Å². The van der Waals surface area contributed by atoms with E-state index in [9.17, 15) is 4.79 Å². The third kappa shape index (κ3) is 6.60. The minimum Gasteiger partial charge on any atom is -0.361 e. The lowest BCUT2D eigenvalue weighted by atomic mass is 10.3. The molecule has 15 heavy (non-hydrogen) atoms. The van der Waals surface area contributed by atoms with E-state index in [0.717, 1.165) is 5.82 Å². The molecule has 4 nitrogen and oxygen atoms in total. The predicted molar refractivity (Wildman–Crippen MR) is 61.9 cm³/mol. The first-order valence-electron chi connectivity index (χ1n) is 5.06. The second-order valence-corrected chi connectivity index (χ2v) is 3.20. The molecule has 0 aliphatic heterocycles. The summed E-state index contributed by atoms with van der Waals surface area (Å²) in [7, 11) is 3.87. The molecular formula is C11H19N3O. The second kappa shape index (κ2) is 7.91. The van der Waals surface area contributed by atoms with Gasteiger partial charge in [-0.2, -0.15) is 0 Å². The first kappa shape index (κ1) is 13.5. The highest BCUT2D eigenvalue weighted by Gasteiger charge is 1.90. The highest BCUT2D eigenvalue weighted by Crippen LogP contribution is 1.99. The van der Waals surface area contributed by atoms with Gasteiger partial charge in [-0.15, -0.1) is 0 Å². The standard InChI is InChI=1S/C6H9N3.C5H10O/c1-9(2)6-5-7-3-4-8-6;1-3-5(6)4-2/h3-5H,1-2H3;3-4H2,1-2H3. The molecule has 0 radical (unpaired) electrons. The average molecular weight is 209 g/mol. The molecule has 0 N–H and O–H groups in total. The Morgan fingerprint density at radius 2 is 1.87 bits per heavy atom. The Hall–Kier alpha value is -1.45. The van der Waals surface area contributed by atoms with Crippen LogP contribution in [-0.4, -0.2) is 29.8 Å². The zero-order valence-electron chi connectivity index (χ0n) is 9.90. The Morgan fingerprint density at radius 3 is 2.07 bits per heavy atom. The van der Waals surface area contributed by atoms with Crippen LogP contribution < -0.4 is 4.90 Å². The van der Waals surface area contributed by atoms with E-state index in [-0.39, 0.29) is 0 Å². The van der Waals surface area contributed by atoms with Crippen molar-refractivity contribution in [2.45, 2.75) is 26.7 Å². The Kier molecular flexibility index (Phi) is 7.14. The van der Waals surface area contributed by atoms with Crippen LogP contribution in [0.2, 0.25) is 0 Å². The van der Waals surface area contributed by atoms with Gasteiger partial charge in [-0.3, -0.25) is 9.78 Å². The van der Waals surface area contributed by atoms with Crippen LogP contribution in [0, 0.1) is 0 Å². The molecular weight excluding hydrogens is 190 g/mol. The fraction of sp³-hybridized carbons (Fsp3) is 0.545. The summed E-state index contributed by atoms with van der Waals surface area (Å²) in [5, 5.41) is 0. The Balaban J connectivity index is 0.000000288. The highest BCUT2D eigenvalue weighted by molar-refractivity contribution is 5.77. The summed E-state index contributed by atoms with van der Waals surface area (Å²) in [4.78, 5) is 20.0. The Bertz CT molecular complexity index is 266. The molecule has 0 fully saturated rings. The van der Waals surface area contributed by atoms with Crippen molar-refractivity contribution in [2.24, 2.45) is 0 Å². The molecule has 0 saturated carbocycles. The van der Waals surface area contributed by atoms with Crippen LogP contribution in [0.1, 0.15) is 26.7 Å². The van der Waals surface area contributed by atoms with Gasteiger partial charge in [0.25, 0.3) is 0 Å². The molecule has 0 unspecified atom stereocenters. The summed E-state index contributed by atoms with van der Waals surface area (Å²) in [6.45, 7) is 3.76. The van der Waals surface area contributed by atoms with Crippen LogP contribution in [0.4, 0.5) is 5.82 Å². The number of anilines is 1. The van der Waals surface area contributed by atoms with Gasteiger partial charge in [-0.25, -0.2) is 4.98 Å². The number of ketones is 1. The van der Waals surface area contributed by atoms with Gasteiger partial charge in [-0.05, 0) is 0 Å². The van der Waals surface area contributed by atoms with E-state index in [0.29, 0.717) is 18.6 Å². The van der Waals surface area contributed by atoms with Crippen molar-refractivity contribution in [1.29, 1.82) is 0 Å². The third-order valence-electron chi connectivity index (χ3n) is 1.80. The zero-order valence-corrected chi connectivity index (χ0v) is 9.90. The van der Waals surface area contributed by atoms with E-state index < -0.39 is 0 Å². The van der Waals surface area contributed by atoms with Crippen LogP contribution in [0.25, 0.3) is 0 Å². The number of hydrogen-bond donors (Lipinski definition) is 0. The molecule has 0 aliphatic carbocycles. The molecule has 0 saturated heterocycles. The zero-order chi connectivity index (χ0) is 11.7. The van der Waals surface area contributed by atoms with Crippen molar-refractivity contribution in [1.82, 2.24) is 9.97 Å². The molecule has 84 valence electrons. The first-order chi connectivity index (χ1) is 7.11. The molecule has 1 aromatic heterocycles. The fourth-order valence-electron chi connectivity index (χ4n) is 0.772. The minimum atomic E-state index is 0.343. The molecule has 1 heterocycles. The maximum absolute atomic E-state index is 10.2. The Morgan fingerprint density at radius 1 is 1.27 bits per heavy atom. The van der Waals surface area contributed by atoms with E-state index in [2.05, 4.69) is 9.97 Å². The lowest BCUT2D eigenvalue weighted by molar-refractivity contribution is -0.118. The summed E-state index contributed by atoms with van der Waals surface area (Å²) in [5.74, 6) is 1.23. The van der Waals surface area contributed by atoms with Crippen molar-refractivity contribution in [2.75, 3.05) is 19.0 Å². The van der Waals surface area contributed by atoms with E-state index in [4.69, 9.17) is 0 Å². The van der Waals surface area contributed by atoms with Crippen molar-refractivity contribution in [3.05, 3.63) is 18.6 Å². The quantitative estimate of drug-likeness (QED) is 0.763. The molecule has 1 rings (SSSR count). The second-order valence-electron chi connectivity index (χ2n) is 3.20. The topological polar surface area (TPSA) is 46.1 Å². The molecule has 0 spiro atoms. The van der Waals surface area contributed by atoms with Crippen LogP contribution in [0.3, 0.4) is 0 Å². The molecule has 0 aliphatic rings. The maximum Gasteiger partial charge on any atom is 0.146 e. The number of nitrogens with zero attached hydrogens (tertiary/aromatic N) is 3. The smallest absolute Gasteiger partial charge is 0.146 e. The van der Waals surface area contributed by atoms with Crippen molar-refractivity contribution in [3.8, 4) is 0 Å². The van der Waals surface area contributed by atoms with E-state index in [1.807, 2.05) is 32.8 Å². The van der Waals surface area contributed by atoms with E-state index in [1.165, 1.54) is 0 Å². The van der Waals surface area contributed by atoms with E-state index in [1.54, 1.807) is 18.6 Å². The Labute approximate surface area is 91.4 Å². The van der Waals surface area contributed by atoms with Gasteiger partial charge in [-0.1, -0.05) is 13.8 Å². The minimum absolute atomic E-state index is 0.343. The molecule has 4 heteroatoms. The molecule has 0 atom stereocenters. The van der Waals surface area contributed by atoms with E-state index >= 15 is 0 Å². The number of carbonyl (C=O) groups excluding carboxylic acids is 1. The lowest BCUT2D eigenvalue weighted by Gasteiger charge is -2.08. The monoisotopic (exact) mass is 209 g/mol. The first-order valence-corrected chi connectivity index (χ1v) is 5.06. The number of carbonyl (C=O) groups is 1. The maximum atomic E-state index is 10.2. The summed E-state index contributed by atoms with van der Waals surface area (Å²) in [6.07, 6.45) is 6.44. The summed E-state index contributed by atoms with van der Waals surface area (Å²) in [5.41, 5.74) is 0. The van der Waals surface area contributed by atoms with Gasteiger partial charge in [0.1, 0.15) is 11.6 Å². The number of aromatic nitrogens is 2. The summed E-state index contributed by atoms with van der Waals surface area (Å²) < 4.78 is 0. The molecule has 0 bridgehead atoms. The van der Waals surface area contributed by atoms with Gasteiger partial charge in [0.05, 0.1) is 6.20 Å². The predicted octanol–water partition coefficient (Wildman–Crippen LogP) is 1.92. The fourth-order valence-corrected chi connectivity index (χ4v) is 0.772. The number of rotatable bonds is 3. The van der Waals surface area contributed by atoms with Crippen molar-refractivity contribution >= 4 is 11.6 Å². The largest absolute Gasteiger partial charge is 0.361 e. The van der Waals surface area contributed by atoms with Crippen LogP contribution in [0.5, 0.6) is 0 Å².